The van der Waals surface area contributed by atoms with Gasteiger partial charge in [0.05, 0.1) is 23.3 Å². The molecule has 0 fully saturated rings. The minimum Gasteiger partial charge on any atom is -0.283 e. The standard InChI is InChI=1S/C16H15BrN4O2/c1-19(10-12-2-5-14(17)6-3-12)11-20-16-8-15(21(22)23)7-4-13(16)9-18-20/h2-9H,10-11H2,1H3. The summed E-state index contributed by atoms with van der Waals surface area (Å²) in [5.41, 5.74) is 2.04. The molecule has 0 N–H and O–H groups in total. The van der Waals surface area contributed by atoms with Gasteiger partial charge in [-0.15, -0.1) is 0 Å². The van der Waals surface area contributed by atoms with Crippen molar-refractivity contribution in [1.29, 1.82) is 0 Å². The molecular weight excluding hydrogens is 360 g/mol. The SMILES string of the molecule is CN(Cc1ccc(Br)cc1)Cn1ncc2ccc([N+](=O)[O-])cc21. The van der Waals surface area contributed by atoms with Crippen molar-refractivity contribution in [3.63, 3.8) is 0 Å². The monoisotopic (exact) mass is 374 g/mol. The van der Waals surface area contributed by atoms with Gasteiger partial charge < -0.3 is 0 Å². The van der Waals surface area contributed by atoms with E-state index in [-0.39, 0.29) is 10.6 Å². The Balaban J connectivity index is 1.78. The van der Waals surface area contributed by atoms with Crippen LogP contribution in [0.5, 0.6) is 0 Å². The zero-order chi connectivity index (χ0) is 16.4. The van der Waals surface area contributed by atoms with E-state index in [0.29, 0.717) is 6.67 Å². The zero-order valence-corrected chi connectivity index (χ0v) is 14.1. The van der Waals surface area contributed by atoms with Crippen molar-refractivity contribution in [3.8, 4) is 0 Å². The van der Waals surface area contributed by atoms with Gasteiger partial charge in [-0.3, -0.25) is 19.7 Å². The summed E-state index contributed by atoms with van der Waals surface area (Å²) in [5, 5.41) is 16.2. The number of aromatic nitrogens is 2. The number of fused-ring (bicyclic) bond motifs is 1. The molecule has 3 rings (SSSR count). The van der Waals surface area contributed by atoms with Gasteiger partial charge in [-0.2, -0.15) is 5.10 Å². The van der Waals surface area contributed by atoms with Gasteiger partial charge in [0.15, 0.2) is 0 Å². The molecule has 0 aliphatic heterocycles. The van der Waals surface area contributed by atoms with E-state index in [1.807, 2.05) is 19.2 Å². The summed E-state index contributed by atoms with van der Waals surface area (Å²) in [6.45, 7) is 1.32. The molecule has 7 heteroatoms. The van der Waals surface area contributed by atoms with Gasteiger partial charge in [-0.1, -0.05) is 28.1 Å². The van der Waals surface area contributed by atoms with Crippen molar-refractivity contribution in [3.05, 3.63) is 68.8 Å². The van der Waals surface area contributed by atoms with Crippen LogP contribution in [0.4, 0.5) is 5.69 Å². The van der Waals surface area contributed by atoms with Crippen LogP contribution >= 0.6 is 15.9 Å². The van der Waals surface area contributed by atoms with E-state index in [2.05, 4.69) is 38.1 Å². The van der Waals surface area contributed by atoms with E-state index in [1.54, 1.807) is 23.0 Å². The average Bonchev–Trinajstić information content (AvgIpc) is 2.92. The molecule has 3 aromatic rings. The number of halogens is 1. The van der Waals surface area contributed by atoms with Crippen molar-refractivity contribution in [1.82, 2.24) is 14.7 Å². The fourth-order valence-electron chi connectivity index (χ4n) is 2.47. The first kappa shape index (κ1) is 15.6. The quantitative estimate of drug-likeness (QED) is 0.503. The molecule has 0 spiro atoms. The zero-order valence-electron chi connectivity index (χ0n) is 12.5. The lowest BCUT2D eigenvalue weighted by atomic mass is 10.2. The number of nitro groups is 1. The number of rotatable bonds is 5. The van der Waals surface area contributed by atoms with Crippen molar-refractivity contribution in [2.45, 2.75) is 13.2 Å². The van der Waals surface area contributed by atoms with Crippen LogP contribution in [-0.4, -0.2) is 26.7 Å². The highest BCUT2D eigenvalue weighted by Crippen LogP contribution is 2.21. The minimum atomic E-state index is -0.387. The van der Waals surface area contributed by atoms with E-state index >= 15 is 0 Å². The molecule has 118 valence electrons. The molecule has 0 aliphatic carbocycles. The van der Waals surface area contributed by atoms with Crippen LogP contribution in [0.2, 0.25) is 0 Å². The minimum absolute atomic E-state index is 0.0785. The van der Waals surface area contributed by atoms with Crippen LogP contribution in [-0.2, 0) is 13.2 Å². The summed E-state index contributed by atoms with van der Waals surface area (Å²) in [6, 6.07) is 12.9. The molecule has 0 radical (unpaired) electrons. The molecule has 23 heavy (non-hydrogen) atoms. The highest BCUT2D eigenvalue weighted by Gasteiger charge is 2.11. The predicted octanol–water partition coefficient (Wildman–Crippen LogP) is 3.80. The maximum atomic E-state index is 10.9. The molecule has 1 heterocycles. The lowest BCUT2D eigenvalue weighted by molar-refractivity contribution is -0.384. The molecule has 2 aromatic carbocycles. The molecule has 0 aliphatic rings. The third-order valence-electron chi connectivity index (χ3n) is 3.58. The van der Waals surface area contributed by atoms with Gasteiger partial charge in [-0.25, -0.2) is 0 Å². The Bertz CT molecular complexity index is 845. The summed E-state index contributed by atoms with van der Waals surface area (Å²) in [4.78, 5) is 12.6. The first-order valence-electron chi connectivity index (χ1n) is 7.06. The second-order valence-electron chi connectivity index (χ2n) is 5.43. The fourth-order valence-corrected chi connectivity index (χ4v) is 2.73. The van der Waals surface area contributed by atoms with E-state index in [1.165, 1.54) is 11.6 Å². The summed E-state index contributed by atoms with van der Waals surface area (Å²) in [5.74, 6) is 0. The number of benzene rings is 2. The predicted molar refractivity (Wildman–Crippen MR) is 92.0 cm³/mol. The third-order valence-corrected chi connectivity index (χ3v) is 4.11. The largest absolute Gasteiger partial charge is 0.283 e. The molecule has 6 nitrogen and oxygen atoms in total. The Kier molecular flexibility index (Phi) is 4.40. The molecule has 0 saturated heterocycles. The van der Waals surface area contributed by atoms with Gasteiger partial charge in [-0.05, 0) is 30.8 Å². The van der Waals surface area contributed by atoms with Gasteiger partial charge in [0, 0.05) is 28.5 Å². The third kappa shape index (κ3) is 3.57. The summed E-state index contributed by atoms with van der Waals surface area (Å²) >= 11 is 3.42. The second-order valence-corrected chi connectivity index (χ2v) is 6.34. The van der Waals surface area contributed by atoms with E-state index in [0.717, 1.165) is 21.9 Å². The van der Waals surface area contributed by atoms with Crippen LogP contribution in [0.1, 0.15) is 5.56 Å². The fraction of sp³-hybridized carbons (Fsp3) is 0.188. The van der Waals surface area contributed by atoms with Crippen LogP contribution in [0.15, 0.2) is 53.1 Å². The van der Waals surface area contributed by atoms with Crippen molar-refractivity contribution in [2.24, 2.45) is 0 Å². The van der Waals surface area contributed by atoms with Crippen molar-refractivity contribution >= 4 is 32.5 Å². The average molecular weight is 375 g/mol. The molecule has 0 saturated carbocycles. The maximum absolute atomic E-state index is 10.9. The Morgan fingerprint density at radius 1 is 1.26 bits per heavy atom. The smallest absolute Gasteiger partial charge is 0.271 e. The number of non-ortho nitro benzene ring substituents is 1. The highest BCUT2D eigenvalue weighted by molar-refractivity contribution is 9.10. The number of hydrogen-bond donors (Lipinski definition) is 0. The lowest BCUT2D eigenvalue weighted by Gasteiger charge is -2.17. The first-order valence-corrected chi connectivity index (χ1v) is 7.85. The molecule has 0 amide bonds. The highest BCUT2D eigenvalue weighted by atomic mass is 79.9. The second kappa shape index (κ2) is 6.47. The summed E-state index contributed by atoms with van der Waals surface area (Å²) in [6.07, 6.45) is 1.73. The van der Waals surface area contributed by atoms with E-state index in [9.17, 15) is 10.1 Å². The van der Waals surface area contributed by atoms with Crippen LogP contribution in [0.3, 0.4) is 0 Å². The number of hydrogen-bond acceptors (Lipinski definition) is 4. The van der Waals surface area contributed by atoms with Gasteiger partial charge in [0.1, 0.15) is 0 Å². The Morgan fingerprint density at radius 2 is 2.00 bits per heavy atom. The Hall–Kier alpha value is -2.25. The lowest BCUT2D eigenvalue weighted by Crippen LogP contribution is -2.22. The van der Waals surface area contributed by atoms with Gasteiger partial charge >= 0.3 is 0 Å². The summed E-state index contributed by atoms with van der Waals surface area (Å²) < 4.78 is 2.83. The van der Waals surface area contributed by atoms with E-state index in [4.69, 9.17) is 0 Å². The topological polar surface area (TPSA) is 64.2 Å². The van der Waals surface area contributed by atoms with Gasteiger partial charge in [0.25, 0.3) is 5.69 Å². The maximum Gasteiger partial charge on any atom is 0.271 e. The number of nitrogens with zero attached hydrogens (tertiary/aromatic N) is 4. The molecule has 0 bridgehead atoms. The number of nitro benzene ring substituents is 1. The van der Waals surface area contributed by atoms with Crippen LogP contribution in [0, 0.1) is 10.1 Å². The Morgan fingerprint density at radius 3 is 2.70 bits per heavy atom. The Labute approximate surface area is 141 Å². The van der Waals surface area contributed by atoms with Gasteiger partial charge in [0.2, 0.25) is 0 Å². The molecule has 0 atom stereocenters. The normalized spacial score (nSPS) is 11.3. The first-order chi connectivity index (χ1) is 11.0. The van der Waals surface area contributed by atoms with Crippen molar-refractivity contribution in [2.75, 3.05) is 7.05 Å². The van der Waals surface area contributed by atoms with Crippen molar-refractivity contribution < 1.29 is 4.92 Å². The molecular formula is C16H15BrN4O2. The summed E-state index contributed by atoms with van der Waals surface area (Å²) in [7, 11) is 1.99. The van der Waals surface area contributed by atoms with Crippen LogP contribution < -0.4 is 0 Å². The van der Waals surface area contributed by atoms with E-state index < -0.39 is 0 Å². The molecule has 0 unspecified atom stereocenters. The van der Waals surface area contributed by atoms with Crippen LogP contribution in [0.25, 0.3) is 10.9 Å². The molecule has 1 aromatic heterocycles.